The number of nitrogens with zero attached hydrogens (tertiary/aromatic N) is 1. The normalized spacial score (nSPS) is 17.7. The highest BCUT2D eigenvalue weighted by Crippen LogP contribution is 2.48. The number of carbonyl (C=O) groups excluding carboxylic acids is 1. The van der Waals surface area contributed by atoms with E-state index in [4.69, 9.17) is 4.98 Å². The zero-order valence-electron chi connectivity index (χ0n) is 17.3. The molecule has 4 nitrogen and oxygen atoms in total. The number of aromatic nitrogens is 1. The summed E-state index contributed by atoms with van der Waals surface area (Å²) in [5.74, 6) is 0.000336. The SMILES string of the molecule is CC(C)C(=O)Nc1sc2c(c1-c1nc3ccccc3s1)CC(C)(C)[NH2+]C2(C)C. The molecule has 1 amide bonds. The van der Waals surface area contributed by atoms with Crippen molar-refractivity contribution in [2.24, 2.45) is 5.92 Å². The number of para-hydroxylation sites is 1. The summed E-state index contributed by atoms with van der Waals surface area (Å²) in [5, 5.41) is 7.61. The molecule has 0 aliphatic carbocycles. The lowest BCUT2D eigenvalue weighted by atomic mass is 9.81. The fourth-order valence-electron chi connectivity index (χ4n) is 4.25. The second-order valence-corrected chi connectivity index (χ2v) is 11.3. The van der Waals surface area contributed by atoms with Crippen LogP contribution < -0.4 is 10.6 Å². The van der Waals surface area contributed by atoms with Gasteiger partial charge in [-0.25, -0.2) is 4.98 Å². The molecule has 1 aliphatic heterocycles. The lowest BCUT2D eigenvalue weighted by molar-refractivity contribution is -0.789. The first-order valence-electron chi connectivity index (χ1n) is 9.77. The van der Waals surface area contributed by atoms with E-state index in [1.165, 1.54) is 15.1 Å². The first-order valence-corrected chi connectivity index (χ1v) is 11.4. The van der Waals surface area contributed by atoms with E-state index in [0.29, 0.717) is 0 Å². The van der Waals surface area contributed by atoms with Crippen molar-refractivity contribution in [1.29, 1.82) is 0 Å². The minimum Gasteiger partial charge on any atom is -0.333 e. The Bertz CT molecular complexity index is 1030. The quantitative estimate of drug-likeness (QED) is 0.650. The molecule has 0 unspecified atom stereocenters. The Balaban J connectivity index is 1.94. The van der Waals surface area contributed by atoms with E-state index in [2.05, 4.69) is 56.5 Å². The minimum absolute atomic E-state index is 0.0337. The van der Waals surface area contributed by atoms with Crippen LogP contribution >= 0.6 is 22.7 Å². The molecule has 0 saturated heterocycles. The predicted octanol–water partition coefficient (Wildman–Crippen LogP) is 4.75. The van der Waals surface area contributed by atoms with E-state index in [0.717, 1.165) is 27.5 Å². The average molecular weight is 415 g/mol. The standard InChI is InChI=1S/C22H27N3OS2/c1-12(2)18(26)24-20-16(19-23-14-9-7-8-10-15(14)27-19)13-11-21(3,4)25-22(5,6)17(13)28-20/h7-10,12,25H,11H2,1-6H3,(H,24,26)/p+1. The van der Waals surface area contributed by atoms with Crippen molar-refractivity contribution in [2.45, 2.75) is 59.0 Å². The van der Waals surface area contributed by atoms with E-state index in [9.17, 15) is 4.79 Å². The number of hydrogen-bond donors (Lipinski definition) is 2. The second kappa shape index (κ2) is 6.65. The maximum atomic E-state index is 12.5. The highest BCUT2D eigenvalue weighted by atomic mass is 32.1. The van der Waals surface area contributed by atoms with Crippen LogP contribution in [0.25, 0.3) is 20.8 Å². The summed E-state index contributed by atoms with van der Waals surface area (Å²) < 4.78 is 1.18. The molecule has 2 aromatic heterocycles. The molecule has 3 N–H and O–H groups in total. The fraction of sp³-hybridized carbons (Fsp3) is 0.455. The van der Waals surface area contributed by atoms with Crippen molar-refractivity contribution < 1.29 is 10.1 Å². The lowest BCUT2D eigenvalue weighted by Crippen LogP contribution is -3.03. The number of thiazole rings is 1. The van der Waals surface area contributed by atoms with E-state index in [1.807, 2.05) is 19.9 Å². The van der Waals surface area contributed by atoms with Gasteiger partial charge in [0.05, 0.1) is 20.6 Å². The number of benzene rings is 1. The van der Waals surface area contributed by atoms with Crippen molar-refractivity contribution >= 4 is 43.8 Å². The molecule has 3 heterocycles. The zero-order valence-corrected chi connectivity index (χ0v) is 19.0. The molecule has 148 valence electrons. The van der Waals surface area contributed by atoms with Gasteiger partial charge in [-0.1, -0.05) is 26.0 Å². The van der Waals surface area contributed by atoms with Crippen LogP contribution in [0, 0.1) is 5.92 Å². The van der Waals surface area contributed by atoms with E-state index < -0.39 is 0 Å². The van der Waals surface area contributed by atoms with E-state index in [-0.39, 0.29) is 22.9 Å². The van der Waals surface area contributed by atoms with Crippen LogP contribution in [0.1, 0.15) is 52.0 Å². The third-order valence-electron chi connectivity index (χ3n) is 5.25. The number of amides is 1. The highest BCUT2D eigenvalue weighted by Gasteiger charge is 2.44. The van der Waals surface area contributed by atoms with Gasteiger partial charge in [-0.05, 0) is 45.4 Å². The van der Waals surface area contributed by atoms with Crippen LogP contribution in [-0.2, 0) is 16.8 Å². The Labute approximate surface area is 174 Å². The number of quaternary nitrogens is 1. The van der Waals surface area contributed by atoms with Gasteiger partial charge in [0, 0.05) is 17.9 Å². The Kier molecular flexibility index (Phi) is 4.64. The fourth-order valence-corrected chi connectivity index (χ4v) is 6.66. The summed E-state index contributed by atoms with van der Waals surface area (Å²) in [6.45, 7) is 13.0. The van der Waals surface area contributed by atoms with Crippen LogP contribution in [0.15, 0.2) is 24.3 Å². The van der Waals surface area contributed by atoms with Crippen molar-refractivity contribution in [3.63, 3.8) is 0 Å². The summed E-state index contributed by atoms with van der Waals surface area (Å²) in [5.41, 5.74) is 3.56. The Morgan fingerprint density at radius 1 is 1.18 bits per heavy atom. The van der Waals surface area contributed by atoms with Gasteiger partial charge in [0.2, 0.25) is 5.91 Å². The summed E-state index contributed by atoms with van der Waals surface area (Å²) in [6, 6.07) is 8.25. The topological polar surface area (TPSA) is 58.6 Å². The van der Waals surface area contributed by atoms with Gasteiger partial charge >= 0.3 is 0 Å². The van der Waals surface area contributed by atoms with Gasteiger partial charge in [0.15, 0.2) is 0 Å². The molecule has 0 spiro atoms. The van der Waals surface area contributed by atoms with E-state index in [1.54, 1.807) is 22.7 Å². The molecule has 0 bridgehead atoms. The molecule has 0 saturated carbocycles. The molecule has 0 atom stereocenters. The van der Waals surface area contributed by atoms with Crippen LogP contribution in [0.4, 0.5) is 5.00 Å². The maximum Gasteiger partial charge on any atom is 0.227 e. The number of anilines is 1. The summed E-state index contributed by atoms with van der Waals surface area (Å²) >= 11 is 3.44. The molecule has 1 aromatic carbocycles. The highest BCUT2D eigenvalue weighted by molar-refractivity contribution is 7.23. The van der Waals surface area contributed by atoms with Crippen LogP contribution in [-0.4, -0.2) is 16.4 Å². The van der Waals surface area contributed by atoms with E-state index >= 15 is 0 Å². The largest absolute Gasteiger partial charge is 0.333 e. The van der Waals surface area contributed by atoms with Gasteiger partial charge in [0.1, 0.15) is 15.5 Å². The number of fused-ring (bicyclic) bond motifs is 2. The molecule has 28 heavy (non-hydrogen) atoms. The van der Waals surface area contributed by atoms with Gasteiger partial charge < -0.3 is 10.6 Å². The maximum absolute atomic E-state index is 12.5. The predicted molar refractivity (Wildman–Crippen MR) is 119 cm³/mol. The molecule has 1 aliphatic rings. The Morgan fingerprint density at radius 2 is 1.89 bits per heavy atom. The van der Waals surface area contributed by atoms with Crippen LogP contribution in [0.2, 0.25) is 0 Å². The number of nitrogens with two attached hydrogens (primary N) is 1. The molecule has 3 aromatic rings. The Hall–Kier alpha value is -1.76. The smallest absolute Gasteiger partial charge is 0.227 e. The van der Waals surface area contributed by atoms with Gasteiger partial charge in [-0.2, -0.15) is 0 Å². The number of nitrogens with one attached hydrogen (secondary N) is 1. The zero-order chi connectivity index (χ0) is 20.3. The third kappa shape index (κ3) is 3.38. The summed E-state index contributed by atoms with van der Waals surface area (Å²) in [4.78, 5) is 18.8. The van der Waals surface area contributed by atoms with Crippen molar-refractivity contribution in [3.05, 3.63) is 34.7 Å². The molecule has 0 fully saturated rings. The molecular weight excluding hydrogens is 386 g/mol. The lowest BCUT2D eigenvalue weighted by Gasteiger charge is -2.38. The monoisotopic (exact) mass is 414 g/mol. The van der Waals surface area contributed by atoms with Crippen molar-refractivity contribution in [2.75, 3.05) is 5.32 Å². The molecule has 0 radical (unpaired) electrons. The third-order valence-corrected chi connectivity index (χ3v) is 7.79. The number of carbonyl (C=O) groups is 1. The molecular formula is C22H28N3OS2+. The number of rotatable bonds is 3. The van der Waals surface area contributed by atoms with Gasteiger partial charge in [-0.15, -0.1) is 22.7 Å². The molecule has 4 rings (SSSR count). The average Bonchev–Trinajstić information content (AvgIpc) is 3.14. The van der Waals surface area contributed by atoms with Gasteiger partial charge in [-0.3, -0.25) is 4.79 Å². The Morgan fingerprint density at radius 3 is 2.57 bits per heavy atom. The van der Waals surface area contributed by atoms with Crippen LogP contribution in [0.5, 0.6) is 0 Å². The summed E-state index contributed by atoms with van der Waals surface area (Å²) in [6.07, 6.45) is 0.963. The number of hydrogen-bond acceptors (Lipinski definition) is 4. The second-order valence-electron chi connectivity index (χ2n) is 9.28. The summed E-state index contributed by atoms with van der Waals surface area (Å²) in [7, 11) is 0. The van der Waals surface area contributed by atoms with Crippen molar-refractivity contribution in [3.8, 4) is 10.6 Å². The van der Waals surface area contributed by atoms with Gasteiger partial charge in [0.25, 0.3) is 0 Å². The van der Waals surface area contributed by atoms with Crippen molar-refractivity contribution in [1.82, 2.24) is 4.98 Å². The molecule has 6 heteroatoms. The minimum atomic E-state index is -0.0571. The first kappa shape index (κ1) is 19.6. The van der Waals surface area contributed by atoms with Crippen LogP contribution in [0.3, 0.4) is 0 Å². The number of thiophene rings is 1. The first-order chi connectivity index (χ1) is 13.1.